The molecule has 19 heavy (non-hydrogen) atoms. The lowest BCUT2D eigenvalue weighted by Crippen LogP contribution is -1.83. The molecular weight excluding hydrogens is 228 g/mol. The first kappa shape index (κ1) is 15.0. The highest BCUT2D eigenvalue weighted by molar-refractivity contribution is 5.52. The Balaban J connectivity index is 2.68. The molecule has 0 saturated heterocycles. The highest BCUT2D eigenvalue weighted by Gasteiger charge is 1.95. The average molecular weight is 250 g/mol. The molecule has 0 heterocycles. The van der Waals surface area contributed by atoms with Crippen molar-refractivity contribution in [1.29, 1.82) is 0 Å². The molecule has 1 aromatic rings. The second kappa shape index (κ2) is 7.38. The van der Waals surface area contributed by atoms with Crippen molar-refractivity contribution < 1.29 is 0 Å². The fourth-order valence-electron chi connectivity index (χ4n) is 1.71. The van der Waals surface area contributed by atoms with Crippen LogP contribution in [0.25, 0.3) is 6.08 Å². The van der Waals surface area contributed by atoms with Crippen molar-refractivity contribution in [3.05, 3.63) is 89.6 Å². The maximum absolute atomic E-state index is 3.95. The van der Waals surface area contributed by atoms with E-state index in [-0.39, 0.29) is 0 Å². The van der Waals surface area contributed by atoms with Crippen LogP contribution < -0.4 is 0 Å². The van der Waals surface area contributed by atoms with Crippen LogP contribution in [0.15, 0.2) is 78.4 Å². The summed E-state index contributed by atoms with van der Waals surface area (Å²) >= 11 is 0. The van der Waals surface area contributed by atoms with Crippen molar-refractivity contribution in [2.24, 2.45) is 0 Å². The molecule has 1 aromatic carbocycles. The van der Waals surface area contributed by atoms with Crippen molar-refractivity contribution in [1.82, 2.24) is 0 Å². The van der Waals surface area contributed by atoms with Crippen molar-refractivity contribution >= 4 is 6.08 Å². The van der Waals surface area contributed by atoms with E-state index in [9.17, 15) is 0 Å². The Morgan fingerprint density at radius 1 is 0.895 bits per heavy atom. The van der Waals surface area contributed by atoms with Crippen LogP contribution in [0.4, 0.5) is 0 Å². The molecule has 0 aliphatic carbocycles. The van der Waals surface area contributed by atoms with Gasteiger partial charge in [0.1, 0.15) is 0 Å². The normalized spacial score (nSPS) is 10.9. The van der Waals surface area contributed by atoms with Gasteiger partial charge in [-0.05, 0) is 31.9 Å². The third kappa shape index (κ3) is 5.39. The summed E-state index contributed by atoms with van der Waals surface area (Å²) in [5, 5.41) is 0. The molecule has 0 aromatic heterocycles. The second-order valence-electron chi connectivity index (χ2n) is 4.80. The third-order valence-electron chi connectivity index (χ3n) is 2.77. The Labute approximate surface area is 117 Å². The van der Waals surface area contributed by atoms with E-state index >= 15 is 0 Å². The Bertz CT molecular complexity index is 518. The van der Waals surface area contributed by atoms with Gasteiger partial charge in [-0.2, -0.15) is 0 Å². The Kier molecular flexibility index (Phi) is 5.81. The zero-order chi connectivity index (χ0) is 14.3. The van der Waals surface area contributed by atoms with Crippen LogP contribution in [0.1, 0.15) is 25.0 Å². The van der Waals surface area contributed by atoms with Gasteiger partial charge in [0.15, 0.2) is 0 Å². The maximum Gasteiger partial charge on any atom is -0.0210 e. The number of aryl methyl sites for hydroxylation is 1. The van der Waals surface area contributed by atoms with E-state index in [4.69, 9.17) is 0 Å². The zero-order valence-electron chi connectivity index (χ0n) is 12.1. The molecule has 0 spiro atoms. The highest BCUT2D eigenvalue weighted by atomic mass is 14.0. The van der Waals surface area contributed by atoms with Crippen molar-refractivity contribution in [2.75, 3.05) is 0 Å². The standard InChI is InChI=1S/C19H22/c1-15(2)19(16(3)4)10-8-6-7-9-18-13-11-17(5)12-14-18/h6-14H,1,3H2,2,4-5H3. The van der Waals surface area contributed by atoms with Crippen LogP contribution in [0.5, 0.6) is 0 Å². The third-order valence-corrected chi connectivity index (χ3v) is 2.77. The molecule has 0 unspecified atom stereocenters. The van der Waals surface area contributed by atoms with Crippen LogP contribution >= 0.6 is 0 Å². The molecule has 0 amide bonds. The molecular formula is C19H22. The topological polar surface area (TPSA) is 0 Å². The first-order chi connectivity index (χ1) is 9.00. The van der Waals surface area contributed by atoms with Crippen LogP contribution in [0.3, 0.4) is 0 Å². The van der Waals surface area contributed by atoms with E-state index in [1.807, 2.05) is 38.2 Å². The summed E-state index contributed by atoms with van der Waals surface area (Å²) in [6.07, 6.45) is 10.2. The van der Waals surface area contributed by atoms with Gasteiger partial charge in [-0.25, -0.2) is 0 Å². The molecule has 0 aliphatic heterocycles. The van der Waals surface area contributed by atoms with E-state index in [2.05, 4.69) is 50.4 Å². The van der Waals surface area contributed by atoms with E-state index in [1.165, 1.54) is 11.1 Å². The molecule has 0 heteroatoms. The van der Waals surface area contributed by atoms with Crippen LogP contribution in [0, 0.1) is 6.92 Å². The number of benzene rings is 1. The van der Waals surface area contributed by atoms with Gasteiger partial charge < -0.3 is 0 Å². The van der Waals surface area contributed by atoms with Gasteiger partial charge >= 0.3 is 0 Å². The molecule has 98 valence electrons. The predicted molar refractivity (Wildman–Crippen MR) is 87.1 cm³/mol. The summed E-state index contributed by atoms with van der Waals surface area (Å²) in [5.74, 6) is 0. The van der Waals surface area contributed by atoms with Crippen molar-refractivity contribution in [3.8, 4) is 0 Å². The fraction of sp³-hybridized carbons (Fsp3) is 0.158. The van der Waals surface area contributed by atoms with Gasteiger partial charge in [0.2, 0.25) is 0 Å². The molecule has 0 atom stereocenters. The fourth-order valence-corrected chi connectivity index (χ4v) is 1.71. The lowest BCUT2D eigenvalue weighted by atomic mass is 10.0. The number of hydrogen-bond acceptors (Lipinski definition) is 0. The molecule has 0 bridgehead atoms. The minimum Gasteiger partial charge on any atom is -0.0955 e. The molecule has 0 saturated carbocycles. The molecule has 0 fully saturated rings. The van der Waals surface area contributed by atoms with E-state index in [0.717, 1.165) is 16.7 Å². The van der Waals surface area contributed by atoms with Gasteiger partial charge in [0, 0.05) is 0 Å². The maximum atomic E-state index is 3.95. The Morgan fingerprint density at radius 3 is 2.00 bits per heavy atom. The van der Waals surface area contributed by atoms with Gasteiger partial charge in [-0.1, -0.05) is 84.5 Å². The smallest absolute Gasteiger partial charge is 0.0210 e. The number of rotatable bonds is 5. The Morgan fingerprint density at radius 2 is 1.47 bits per heavy atom. The minimum atomic E-state index is 1.04. The summed E-state index contributed by atoms with van der Waals surface area (Å²) in [5.41, 5.74) is 5.68. The van der Waals surface area contributed by atoms with Crippen LogP contribution in [0.2, 0.25) is 0 Å². The first-order valence-electron chi connectivity index (χ1n) is 6.44. The molecule has 0 nitrogen and oxygen atoms in total. The molecule has 0 radical (unpaired) electrons. The second-order valence-corrected chi connectivity index (χ2v) is 4.80. The van der Waals surface area contributed by atoms with Crippen molar-refractivity contribution in [3.63, 3.8) is 0 Å². The number of hydrogen-bond donors (Lipinski definition) is 0. The largest absolute Gasteiger partial charge is 0.0955 e. The van der Waals surface area contributed by atoms with Gasteiger partial charge in [-0.3, -0.25) is 0 Å². The van der Waals surface area contributed by atoms with Gasteiger partial charge in [0.25, 0.3) is 0 Å². The van der Waals surface area contributed by atoms with Gasteiger partial charge in [-0.15, -0.1) is 0 Å². The van der Waals surface area contributed by atoms with E-state index in [1.54, 1.807) is 0 Å². The minimum absolute atomic E-state index is 1.04. The SMILES string of the molecule is C=C(C)C(=CC=CC=Cc1ccc(C)cc1)C(=C)C. The summed E-state index contributed by atoms with van der Waals surface area (Å²) in [7, 11) is 0. The summed E-state index contributed by atoms with van der Waals surface area (Å²) in [6.45, 7) is 14.0. The zero-order valence-corrected chi connectivity index (χ0v) is 12.1. The van der Waals surface area contributed by atoms with E-state index < -0.39 is 0 Å². The van der Waals surface area contributed by atoms with Crippen molar-refractivity contribution in [2.45, 2.75) is 20.8 Å². The van der Waals surface area contributed by atoms with Crippen LogP contribution in [-0.4, -0.2) is 0 Å². The lowest BCUT2D eigenvalue weighted by molar-refractivity contribution is 1.35. The lowest BCUT2D eigenvalue weighted by Gasteiger charge is -2.03. The number of allylic oxidation sites excluding steroid dienone is 7. The molecule has 0 N–H and O–H groups in total. The highest BCUT2D eigenvalue weighted by Crippen LogP contribution is 2.15. The van der Waals surface area contributed by atoms with Crippen LogP contribution in [-0.2, 0) is 0 Å². The molecule has 0 aliphatic rings. The summed E-state index contributed by atoms with van der Waals surface area (Å²) < 4.78 is 0. The van der Waals surface area contributed by atoms with E-state index in [0.29, 0.717) is 0 Å². The average Bonchev–Trinajstić information content (AvgIpc) is 2.34. The monoisotopic (exact) mass is 250 g/mol. The van der Waals surface area contributed by atoms with Gasteiger partial charge in [0.05, 0.1) is 0 Å². The Hall–Kier alpha value is -2.08. The first-order valence-corrected chi connectivity index (χ1v) is 6.44. The molecule has 1 rings (SSSR count). The quantitative estimate of drug-likeness (QED) is 0.593. The summed E-state index contributed by atoms with van der Waals surface area (Å²) in [6, 6.07) is 8.46. The predicted octanol–water partition coefficient (Wildman–Crippen LogP) is 5.64. The summed E-state index contributed by atoms with van der Waals surface area (Å²) in [4.78, 5) is 0.